The molecule has 0 fully saturated rings. The van der Waals surface area contributed by atoms with Crippen LogP contribution in [0.2, 0.25) is 0 Å². The van der Waals surface area contributed by atoms with Crippen LogP contribution in [0.5, 0.6) is 0 Å². The molecule has 0 radical (unpaired) electrons. The van der Waals surface area contributed by atoms with E-state index in [0.29, 0.717) is 35.4 Å². The first-order valence-corrected chi connectivity index (χ1v) is 10.9. The Morgan fingerprint density at radius 1 is 1.03 bits per heavy atom. The number of amides is 2. The molecule has 6 nitrogen and oxygen atoms in total. The Balaban J connectivity index is 1.82. The lowest BCUT2D eigenvalue weighted by Crippen LogP contribution is -2.40. The van der Waals surface area contributed by atoms with Gasteiger partial charge in [0, 0.05) is 6.54 Å². The molecule has 1 aromatic heterocycles. The molecule has 0 aliphatic carbocycles. The van der Waals surface area contributed by atoms with E-state index in [-0.39, 0.29) is 11.2 Å². The van der Waals surface area contributed by atoms with Crippen LogP contribution in [0.1, 0.15) is 32.1 Å². The van der Waals surface area contributed by atoms with Crippen LogP contribution >= 0.6 is 0 Å². The van der Waals surface area contributed by atoms with E-state index in [9.17, 15) is 14.0 Å². The minimum absolute atomic E-state index is 0.0997. The molecule has 0 saturated carbocycles. The summed E-state index contributed by atoms with van der Waals surface area (Å²) in [4.78, 5) is 33.1. The number of carbonyl (C=O) groups is 1. The van der Waals surface area contributed by atoms with Crippen LogP contribution in [-0.2, 0) is 0 Å². The predicted octanol–water partition coefficient (Wildman–Crippen LogP) is 5.53. The number of urea groups is 1. The first kappa shape index (κ1) is 22.2. The van der Waals surface area contributed by atoms with Gasteiger partial charge in [0.15, 0.2) is 0 Å². The Labute approximate surface area is 191 Å². The van der Waals surface area contributed by atoms with Crippen molar-refractivity contribution in [2.45, 2.75) is 26.3 Å². The Morgan fingerprint density at radius 3 is 2.42 bits per heavy atom. The number of nitrogens with zero attached hydrogens (tertiary/aromatic N) is 3. The SMILES string of the molecule is CCCN(C(=O)Nc1ccccc1F)C(C)c1nc2ccccc2c(=O)n1-c1ccccc1. The van der Waals surface area contributed by atoms with Gasteiger partial charge in [-0.25, -0.2) is 14.2 Å². The van der Waals surface area contributed by atoms with E-state index in [0.717, 1.165) is 0 Å². The van der Waals surface area contributed by atoms with Gasteiger partial charge in [-0.2, -0.15) is 0 Å². The van der Waals surface area contributed by atoms with Gasteiger partial charge in [0.1, 0.15) is 11.6 Å². The van der Waals surface area contributed by atoms with Crippen molar-refractivity contribution in [2.75, 3.05) is 11.9 Å². The molecule has 0 saturated heterocycles. The zero-order valence-corrected chi connectivity index (χ0v) is 18.5. The van der Waals surface area contributed by atoms with Gasteiger partial charge >= 0.3 is 6.03 Å². The maximum atomic E-state index is 14.1. The van der Waals surface area contributed by atoms with E-state index in [1.807, 2.05) is 50.2 Å². The lowest BCUT2D eigenvalue weighted by atomic mass is 10.2. The van der Waals surface area contributed by atoms with Crippen molar-refractivity contribution in [2.24, 2.45) is 0 Å². The third-order valence-corrected chi connectivity index (χ3v) is 5.50. The van der Waals surface area contributed by atoms with Crippen molar-refractivity contribution < 1.29 is 9.18 Å². The molecule has 0 aliphatic heterocycles. The Morgan fingerprint density at radius 2 is 1.70 bits per heavy atom. The fraction of sp³-hybridized carbons (Fsp3) is 0.192. The highest BCUT2D eigenvalue weighted by Crippen LogP contribution is 2.24. The molecular formula is C26H25FN4O2. The van der Waals surface area contributed by atoms with Crippen molar-refractivity contribution in [1.82, 2.24) is 14.5 Å². The van der Waals surface area contributed by atoms with E-state index in [1.54, 1.807) is 39.8 Å². The second-order valence-corrected chi connectivity index (χ2v) is 7.74. The summed E-state index contributed by atoms with van der Waals surface area (Å²) < 4.78 is 15.7. The monoisotopic (exact) mass is 444 g/mol. The number of anilines is 1. The predicted molar refractivity (Wildman–Crippen MR) is 128 cm³/mol. The molecule has 3 aromatic carbocycles. The van der Waals surface area contributed by atoms with Crippen molar-refractivity contribution in [3.63, 3.8) is 0 Å². The third kappa shape index (κ3) is 4.48. The second-order valence-electron chi connectivity index (χ2n) is 7.74. The highest BCUT2D eigenvalue weighted by atomic mass is 19.1. The van der Waals surface area contributed by atoms with Crippen molar-refractivity contribution >= 4 is 22.6 Å². The van der Waals surface area contributed by atoms with Gasteiger partial charge in [-0.05, 0) is 49.7 Å². The number of rotatable bonds is 6. The third-order valence-electron chi connectivity index (χ3n) is 5.50. The Bertz CT molecular complexity index is 1340. The molecule has 7 heteroatoms. The zero-order valence-electron chi connectivity index (χ0n) is 18.5. The topological polar surface area (TPSA) is 67.2 Å². The summed E-state index contributed by atoms with van der Waals surface area (Å²) in [5.74, 6) is -0.0815. The second kappa shape index (κ2) is 9.65. The largest absolute Gasteiger partial charge is 0.322 e. The van der Waals surface area contributed by atoms with Crippen LogP contribution in [0, 0.1) is 5.82 Å². The number of hydrogen-bond donors (Lipinski definition) is 1. The number of halogens is 1. The van der Waals surface area contributed by atoms with E-state index in [1.165, 1.54) is 12.1 Å². The number of nitrogens with one attached hydrogen (secondary N) is 1. The standard InChI is InChI=1S/C26H25FN4O2/c1-3-17-30(26(33)29-23-16-10-8-14-21(23)27)18(2)24-28-22-15-9-7-13-20(22)25(32)31(24)19-11-5-4-6-12-19/h4-16,18H,3,17H2,1-2H3,(H,29,33). The summed E-state index contributed by atoms with van der Waals surface area (Å²) >= 11 is 0. The van der Waals surface area contributed by atoms with Gasteiger partial charge in [0.2, 0.25) is 0 Å². The molecular weight excluding hydrogens is 419 g/mol. The van der Waals surface area contributed by atoms with Gasteiger partial charge in [-0.3, -0.25) is 9.36 Å². The lowest BCUT2D eigenvalue weighted by molar-refractivity contribution is 0.189. The van der Waals surface area contributed by atoms with Crippen molar-refractivity contribution in [1.29, 1.82) is 0 Å². The van der Waals surface area contributed by atoms with Crippen LogP contribution in [0.25, 0.3) is 16.6 Å². The minimum atomic E-state index is -0.561. The van der Waals surface area contributed by atoms with Gasteiger partial charge in [0.25, 0.3) is 5.56 Å². The van der Waals surface area contributed by atoms with Gasteiger partial charge in [-0.15, -0.1) is 0 Å². The summed E-state index contributed by atoms with van der Waals surface area (Å²) in [6.45, 7) is 4.18. The van der Waals surface area contributed by atoms with Crippen LogP contribution < -0.4 is 10.9 Å². The number of carbonyl (C=O) groups excluding carboxylic acids is 1. The molecule has 1 atom stereocenters. The molecule has 0 aliphatic rings. The van der Waals surface area contributed by atoms with Gasteiger partial charge in [-0.1, -0.05) is 49.4 Å². The first-order valence-electron chi connectivity index (χ1n) is 10.9. The van der Waals surface area contributed by atoms with E-state index >= 15 is 0 Å². The number of benzene rings is 3. The van der Waals surface area contributed by atoms with E-state index in [4.69, 9.17) is 4.98 Å². The van der Waals surface area contributed by atoms with Crippen LogP contribution in [0.3, 0.4) is 0 Å². The summed E-state index contributed by atoms with van der Waals surface area (Å²) in [5, 5.41) is 3.15. The van der Waals surface area contributed by atoms with E-state index < -0.39 is 17.9 Å². The molecule has 33 heavy (non-hydrogen) atoms. The highest BCUT2D eigenvalue weighted by molar-refractivity contribution is 5.89. The summed E-state index contributed by atoms with van der Waals surface area (Å²) in [7, 11) is 0. The fourth-order valence-electron chi connectivity index (χ4n) is 3.86. The Kier molecular flexibility index (Phi) is 6.49. The molecule has 1 N–H and O–H groups in total. The minimum Gasteiger partial charge on any atom is -0.315 e. The average molecular weight is 445 g/mol. The quantitative estimate of drug-likeness (QED) is 0.425. The van der Waals surface area contributed by atoms with Gasteiger partial charge < -0.3 is 10.2 Å². The fourth-order valence-corrected chi connectivity index (χ4v) is 3.86. The smallest absolute Gasteiger partial charge is 0.315 e. The van der Waals surface area contributed by atoms with E-state index in [2.05, 4.69) is 5.32 Å². The molecule has 1 unspecified atom stereocenters. The molecule has 4 aromatic rings. The van der Waals surface area contributed by atoms with Gasteiger partial charge in [0.05, 0.1) is 28.3 Å². The molecule has 1 heterocycles. The number of fused-ring (bicyclic) bond motifs is 1. The lowest BCUT2D eigenvalue weighted by Gasteiger charge is -2.30. The van der Waals surface area contributed by atoms with Crippen LogP contribution in [0.4, 0.5) is 14.9 Å². The molecule has 0 spiro atoms. The molecule has 168 valence electrons. The number of aromatic nitrogens is 2. The maximum absolute atomic E-state index is 14.1. The molecule has 2 amide bonds. The maximum Gasteiger partial charge on any atom is 0.322 e. The number of para-hydroxylation sites is 3. The van der Waals surface area contributed by atoms with Crippen LogP contribution in [-0.4, -0.2) is 27.0 Å². The first-order chi connectivity index (χ1) is 16.0. The van der Waals surface area contributed by atoms with Crippen molar-refractivity contribution in [3.8, 4) is 5.69 Å². The summed E-state index contributed by atoms with van der Waals surface area (Å²) in [6.07, 6.45) is 0.679. The summed E-state index contributed by atoms with van der Waals surface area (Å²) in [5.41, 5.74) is 1.11. The Hall–Kier alpha value is -4.00. The average Bonchev–Trinajstić information content (AvgIpc) is 2.84. The zero-order chi connectivity index (χ0) is 23.4. The summed E-state index contributed by atoms with van der Waals surface area (Å²) in [6, 6.07) is 21.4. The normalized spacial score (nSPS) is 11.8. The highest BCUT2D eigenvalue weighted by Gasteiger charge is 2.27. The van der Waals surface area contributed by atoms with Crippen molar-refractivity contribution in [3.05, 3.63) is 101 Å². The number of hydrogen-bond acceptors (Lipinski definition) is 3. The molecule has 0 bridgehead atoms. The molecule has 4 rings (SSSR count). The van der Waals surface area contributed by atoms with Crippen LogP contribution in [0.15, 0.2) is 83.7 Å².